The van der Waals surface area contributed by atoms with E-state index in [0.717, 1.165) is 24.2 Å². The minimum absolute atomic E-state index is 0.0284. The Labute approximate surface area is 114 Å². The molecule has 1 aliphatic carbocycles. The van der Waals surface area contributed by atoms with Gasteiger partial charge in [0.15, 0.2) is 0 Å². The van der Waals surface area contributed by atoms with E-state index in [2.05, 4.69) is 6.92 Å². The molecule has 18 heavy (non-hydrogen) atoms. The third-order valence-electron chi connectivity index (χ3n) is 3.83. The van der Waals surface area contributed by atoms with Gasteiger partial charge in [0.05, 0.1) is 6.61 Å². The van der Waals surface area contributed by atoms with E-state index in [1.807, 2.05) is 12.1 Å². The van der Waals surface area contributed by atoms with Crippen molar-refractivity contribution in [1.29, 1.82) is 0 Å². The van der Waals surface area contributed by atoms with Gasteiger partial charge < -0.3 is 9.84 Å². The van der Waals surface area contributed by atoms with Crippen molar-refractivity contribution in [2.24, 2.45) is 5.92 Å². The molecule has 1 aliphatic rings. The molecule has 2 rings (SSSR count). The van der Waals surface area contributed by atoms with Crippen molar-refractivity contribution >= 4 is 11.6 Å². The van der Waals surface area contributed by atoms with Crippen LogP contribution >= 0.6 is 11.6 Å². The van der Waals surface area contributed by atoms with Crippen molar-refractivity contribution in [2.45, 2.75) is 51.7 Å². The van der Waals surface area contributed by atoms with Gasteiger partial charge >= 0.3 is 0 Å². The second-order valence-corrected chi connectivity index (χ2v) is 5.46. The summed E-state index contributed by atoms with van der Waals surface area (Å²) in [7, 11) is 0. The molecule has 1 aromatic rings. The summed E-state index contributed by atoms with van der Waals surface area (Å²) in [5, 5.41) is 10.00. The molecule has 0 spiro atoms. The molecule has 0 aromatic heterocycles. The van der Waals surface area contributed by atoms with E-state index < -0.39 is 0 Å². The van der Waals surface area contributed by atoms with Crippen molar-refractivity contribution in [2.75, 3.05) is 0 Å². The molecule has 100 valence electrons. The molecule has 1 fully saturated rings. The van der Waals surface area contributed by atoms with E-state index in [-0.39, 0.29) is 12.7 Å². The van der Waals surface area contributed by atoms with Crippen molar-refractivity contribution in [1.82, 2.24) is 0 Å². The fourth-order valence-electron chi connectivity index (χ4n) is 2.75. The van der Waals surface area contributed by atoms with Gasteiger partial charge in [-0.05, 0) is 49.8 Å². The third-order valence-corrected chi connectivity index (χ3v) is 4.07. The van der Waals surface area contributed by atoms with Crippen molar-refractivity contribution in [3.05, 3.63) is 28.8 Å². The van der Waals surface area contributed by atoms with E-state index in [1.165, 1.54) is 19.3 Å². The third kappa shape index (κ3) is 3.18. The zero-order valence-electron chi connectivity index (χ0n) is 10.9. The number of hydrogen-bond donors (Lipinski definition) is 1. The molecule has 0 heterocycles. The molecular formula is C15H21ClO2. The molecule has 1 N–H and O–H groups in total. The van der Waals surface area contributed by atoms with Crippen LogP contribution in [-0.2, 0) is 6.61 Å². The minimum Gasteiger partial charge on any atom is -0.490 e. The molecule has 0 radical (unpaired) electrons. The Balaban J connectivity index is 2.12. The number of halogens is 1. The molecule has 0 saturated heterocycles. The molecule has 3 heteroatoms. The first-order chi connectivity index (χ1) is 8.74. The predicted octanol–water partition coefficient (Wildman–Crippen LogP) is 4.18. The maximum absolute atomic E-state index is 9.36. The van der Waals surface area contributed by atoms with Gasteiger partial charge in [-0.15, -0.1) is 0 Å². The van der Waals surface area contributed by atoms with E-state index in [1.54, 1.807) is 6.07 Å². The van der Waals surface area contributed by atoms with Crippen molar-refractivity contribution < 1.29 is 9.84 Å². The number of aliphatic hydroxyl groups is 1. The molecule has 1 aromatic carbocycles. The predicted molar refractivity (Wildman–Crippen MR) is 74.0 cm³/mol. The first-order valence-corrected chi connectivity index (χ1v) is 7.18. The molecular weight excluding hydrogens is 248 g/mol. The fraction of sp³-hybridized carbons (Fsp3) is 0.600. The Kier molecular flexibility index (Phi) is 4.90. The lowest BCUT2D eigenvalue weighted by Crippen LogP contribution is -2.30. The molecule has 2 nitrogen and oxygen atoms in total. The lowest BCUT2D eigenvalue weighted by molar-refractivity contribution is 0.0878. The summed E-state index contributed by atoms with van der Waals surface area (Å²) in [5.41, 5.74) is 0.780. The lowest BCUT2D eigenvalue weighted by atomic mass is 9.84. The van der Waals surface area contributed by atoms with Crippen LogP contribution in [0.15, 0.2) is 18.2 Å². The molecule has 2 atom stereocenters. The highest BCUT2D eigenvalue weighted by atomic mass is 35.5. The van der Waals surface area contributed by atoms with Crippen LogP contribution in [0.4, 0.5) is 0 Å². The Morgan fingerprint density at radius 2 is 2.11 bits per heavy atom. The summed E-state index contributed by atoms with van der Waals surface area (Å²) in [6.07, 6.45) is 6.37. The standard InChI is InChI=1S/C15H21ClO2/c1-2-11-5-3-4-6-14(11)18-15-8-7-13(16)9-12(15)10-17/h7-9,11,14,17H,2-6,10H2,1H3. The summed E-state index contributed by atoms with van der Waals surface area (Å²) in [5.74, 6) is 1.42. The summed E-state index contributed by atoms with van der Waals surface area (Å²) in [4.78, 5) is 0. The maximum Gasteiger partial charge on any atom is 0.125 e. The average molecular weight is 269 g/mol. The minimum atomic E-state index is -0.0284. The van der Waals surface area contributed by atoms with Gasteiger partial charge in [-0.1, -0.05) is 24.9 Å². The number of hydrogen-bond acceptors (Lipinski definition) is 2. The quantitative estimate of drug-likeness (QED) is 0.888. The average Bonchev–Trinajstić information content (AvgIpc) is 2.41. The fourth-order valence-corrected chi connectivity index (χ4v) is 2.94. The van der Waals surface area contributed by atoms with Gasteiger partial charge in [0.2, 0.25) is 0 Å². The van der Waals surface area contributed by atoms with Crippen LogP contribution in [0.5, 0.6) is 5.75 Å². The first kappa shape index (κ1) is 13.7. The van der Waals surface area contributed by atoms with Crippen molar-refractivity contribution in [3.63, 3.8) is 0 Å². The van der Waals surface area contributed by atoms with Crippen LogP contribution in [0.2, 0.25) is 5.02 Å². The molecule has 1 saturated carbocycles. The Morgan fingerprint density at radius 1 is 1.33 bits per heavy atom. The number of aliphatic hydroxyl groups excluding tert-OH is 1. The van der Waals surface area contributed by atoms with Gasteiger partial charge in [0.1, 0.15) is 11.9 Å². The molecule has 0 bridgehead atoms. The van der Waals surface area contributed by atoms with Gasteiger partial charge in [-0.2, -0.15) is 0 Å². The number of ether oxygens (including phenoxy) is 1. The van der Waals surface area contributed by atoms with Gasteiger partial charge in [0.25, 0.3) is 0 Å². The van der Waals surface area contributed by atoms with Crippen LogP contribution < -0.4 is 4.74 Å². The Bertz CT molecular complexity index is 392. The second-order valence-electron chi connectivity index (χ2n) is 5.02. The maximum atomic E-state index is 9.36. The normalized spacial score (nSPS) is 23.9. The van der Waals surface area contributed by atoms with Crippen molar-refractivity contribution in [3.8, 4) is 5.75 Å². The molecule has 0 amide bonds. The highest BCUT2D eigenvalue weighted by molar-refractivity contribution is 6.30. The second kappa shape index (κ2) is 6.44. The summed E-state index contributed by atoms with van der Waals surface area (Å²) >= 11 is 5.93. The molecule has 2 unspecified atom stereocenters. The van der Waals surface area contributed by atoms with Crippen LogP contribution in [0.25, 0.3) is 0 Å². The highest BCUT2D eigenvalue weighted by Gasteiger charge is 2.25. The summed E-state index contributed by atoms with van der Waals surface area (Å²) < 4.78 is 6.12. The van der Waals surface area contributed by atoms with E-state index >= 15 is 0 Å². The topological polar surface area (TPSA) is 29.5 Å². The SMILES string of the molecule is CCC1CCCCC1Oc1ccc(Cl)cc1CO. The van der Waals surface area contributed by atoms with E-state index in [4.69, 9.17) is 16.3 Å². The zero-order chi connectivity index (χ0) is 13.0. The smallest absolute Gasteiger partial charge is 0.125 e. The first-order valence-electron chi connectivity index (χ1n) is 6.80. The van der Waals surface area contributed by atoms with Crippen LogP contribution in [0, 0.1) is 5.92 Å². The van der Waals surface area contributed by atoms with Gasteiger partial charge in [-0.25, -0.2) is 0 Å². The molecule has 0 aliphatic heterocycles. The van der Waals surface area contributed by atoms with E-state index in [9.17, 15) is 5.11 Å². The number of rotatable bonds is 4. The zero-order valence-corrected chi connectivity index (χ0v) is 11.6. The number of benzene rings is 1. The highest BCUT2D eigenvalue weighted by Crippen LogP contribution is 2.32. The summed E-state index contributed by atoms with van der Waals surface area (Å²) in [6.45, 7) is 2.20. The lowest BCUT2D eigenvalue weighted by Gasteiger charge is -2.31. The Morgan fingerprint density at radius 3 is 2.83 bits per heavy atom. The largest absolute Gasteiger partial charge is 0.490 e. The van der Waals surface area contributed by atoms with Crippen LogP contribution in [0.1, 0.15) is 44.6 Å². The van der Waals surface area contributed by atoms with Gasteiger partial charge in [0, 0.05) is 10.6 Å². The monoisotopic (exact) mass is 268 g/mol. The summed E-state index contributed by atoms with van der Waals surface area (Å²) in [6, 6.07) is 5.47. The van der Waals surface area contributed by atoms with Gasteiger partial charge in [-0.3, -0.25) is 0 Å². The Hall–Kier alpha value is -0.730. The van der Waals surface area contributed by atoms with Crippen LogP contribution in [0.3, 0.4) is 0 Å². The van der Waals surface area contributed by atoms with Crippen LogP contribution in [-0.4, -0.2) is 11.2 Å². The van der Waals surface area contributed by atoms with E-state index in [0.29, 0.717) is 10.9 Å².